The van der Waals surface area contributed by atoms with Gasteiger partial charge < -0.3 is 10.4 Å². The number of carboxylic acids is 1. The number of carboxylic acid groups (broad SMARTS) is 1. The first-order valence-corrected chi connectivity index (χ1v) is 7.07. The van der Waals surface area contributed by atoms with Gasteiger partial charge in [0.1, 0.15) is 0 Å². The van der Waals surface area contributed by atoms with Gasteiger partial charge >= 0.3 is 5.97 Å². The summed E-state index contributed by atoms with van der Waals surface area (Å²) < 4.78 is 0. The lowest BCUT2D eigenvalue weighted by molar-refractivity contribution is -0.120. The Morgan fingerprint density at radius 1 is 1.32 bits per heavy atom. The Morgan fingerprint density at radius 2 is 1.95 bits per heavy atom. The predicted molar refractivity (Wildman–Crippen MR) is 77.0 cm³/mol. The molecule has 0 aliphatic rings. The lowest BCUT2D eigenvalue weighted by atomic mass is 10.2. The summed E-state index contributed by atoms with van der Waals surface area (Å²) in [6.45, 7) is 5.55. The minimum absolute atomic E-state index is 0.0446. The van der Waals surface area contributed by atoms with Crippen LogP contribution in [0.5, 0.6) is 0 Å². The number of thioether (sulfide) groups is 1. The number of hydrogen-bond acceptors (Lipinski definition) is 3. The fourth-order valence-electron chi connectivity index (χ4n) is 1.40. The Morgan fingerprint density at radius 3 is 2.47 bits per heavy atom. The largest absolute Gasteiger partial charge is 0.478 e. The van der Waals surface area contributed by atoms with E-state index in [0.29, 0.717) is 4.90 Å². The summed E-state index contributed by atoms with van der Waals surface area (Å²) in [5.74, 6) is -1.15. The second-order valence-corrected chi connectivity index (χ2v) is 6.19. The van der Waals surface area contributed by atoms with Crippen molar-refractivity contribution in [1.29, 1.82) is 0 Å². The minimum atomic E-state index is -1.08. The molecule has 2 N–H and O–H groups in total. The fraction of sp³-hybridized carbons (Fsp3) is 0.385. The van der Waals surface area contributed by atoms with Crippen molar-refractivity contribution >= 4 is 35.2 Å². The third-order valence-electron chi connectivity index (χ3n) is 2.28. The summed E-state index contributed by atoms with van der Waals surface area (Å²) in [6, 6.07) is 4.79. The van der Waals surface area contributed by atoms with Crippen LogP contribution in [0.2, 0.25) is 5.02 Å². The highest BCUT2D eigenvalue weighted by atomic mass is 35.5. The Balaban J connectivity index is 2.80. The van der Waals surface area contributed by atoms with E-state index in [1.165, 1.54) is 23.9 Å². The van der Waals surface area contributed by atoms with E-state index in [2.05, 4.69) is 5.32 Å². The number of carbonyl (C=O) groups is 2. The molecule has 19 heavy (non-hydrogen) atoms. The molecule has 104 valence electrons. The summed E-state index contributed by atoms with van der Waals surface area (Å²) in [5, 5.41) is 11.7. The van der Waals surface area contributed by atoms with Gasteiger partial charge in [0.25, 0.3) is 0 Å². The van der Waals surface area contributed by atoms with Crippen LogP contribution in [-0.4, -0.2) is 28.3 Å². The van der Waals surface area contributed by atoms with Crippen LogP contribution in [-0.2, 0) is 4.79 Å². The van der Waals surface area contributed by atoms with Gasteiger partial charge in [-0.1, -0.05) is 11.6 Å². The minimum Gasteiger partial charge on any atom is -0.478 e. The van der Waals surface area contributed by atoms with E-state index >= 15 is 0 Å². The van der Waals surface area contributed by atoms with Gasteiger partial charge in [-0.05, 0) is 39.0 Å². The van der Waals surface area contributed by atoms with Crippen LogP contribution < -0.4 is 5.32 Å². The van der Waals surface area contributed by atoms with Gasteiger partial charge in [0, 0.05) is 10.9 Å². The fourth-order valence-corrected chi connectivity index (χ4v) is 2.52. The van der Waals surface area contributed by atoms with E-state index < -0.39 is 5.97 Å². The van der Waals surface area contributed by atoms with Gasteiger partial charge in [-0.15, -0.1) is 11.8 Å². The summed E-state index contributed by atoms with van der Waals surface area (Å²) in [4.78, 5) is 23.4. The van der Waals surface area contributed by atoms with E-state index in [1.807, 2.05) is 13.8 Å². The van der Waals surface area contributed by atoms with Crippen molar-refractivity contribution in [3.8, 4) is 0 Å². The third-order valence-corrected chi connectivity index (χ3v) is 3.70. The highest BCUT2D eigenvalue weighted by molar-refractivity contribution is 8.00. The zero-order chi connectivity index (χ0) is 14.6. The zero-order valence-corrected chi connectivity index (χ0v) is 12.5. The van der Waals surface area contributed by atoms with Crippen molar-refractivity contribution in [2.75, 3.05) is 0 Å². The van der Waals surface area contributed by atoms with Crippen molar-refractivity contribution in [2.24, 2.45) is 0 Å². The number of aromatic carboxylic acids is 1. The Hall–Kier alpha value is -1.20. The molecule has 0 aromatic heterocycles. The SMILES string of the molecule is CC(C)NC(=O)C(C)Sc1ccc(Cl)c(C(=O)O)c1. The van der Waals surface area contributed by atoms with Crippen molar-refractivity contribution in [1.82, 2.24) is 5.32 Å². The Bertz CT molecular complexity index is 491. The molecule has 0 fully saturated rings. The summed E-state index contributed by atoms with van der Waals surface area (Å²) >= 11 is 7.09. The first-order chi connectivity index (χ1) is 8.81. The number of hydrogen-bond donors (Lipinski definition) is 2. The molecule has 0 saturated carbocycles. The quantitative estimate of drug-likeness (QED) is 0.820. The number of nitrogens with one attached hydrogen (secondary N) is 1. The molecule has 0 spiro atoms. The molecule has 1 aromatic rings. The second-order valence-electron chi connectivity index (χ2n) is 4.37. The molecule has 0 aliphatic carbocycles. The molecular formula is C13H16ClNO3S. The molecule has 0 heterocycles. The van der Waals surface area contributed by atoms with Crippen molar-refractivity contribution < 1.29 is 14.7 Å². The standard InChI is InChI=1S/C13H16ClNO3S/c1-7(2)15-12(16)8(3)19-9-4-5-11(14)10(6-9)13(17)18/h4-8H,1-3H3,(H,15,16)(H,17,18). The van der Waals surface area contributed by atoms with E-state index in [0.717, 1.165) is 0 Å². The third kappa shape index (κ3) is 4.76. The highest BCUT2D eigenvalue weighted by Gasteiger charge is 2.16. The second kappa shape index (κ2) is 6.82. The summed E-state index contributed by atoms with van der Waals surface area (Å²) in [6.07, 6.45) is 0. The molecular weight excluding hydrogens is 286 g/mol. The Labute approximate surface area is 121 Å². The van der Waals surface area contributed by atoms with E-state index in [-0.39, 0.29) is 27.8 Å². The average Bonchev–Trinajstić information content (AvgIpc) is 2.30. The number of carbonyl (C=O) groups excluding carboxylic acids is 1. The zero-order valence-electron chi connectivity index (χ0n) is 10.9. The smallest absolute Gasteiger partial charge is 0.337 e. The number of halogens is 1. The van der Waals surface area contributed by atoms with Crippen molar-refractivity contribution in [3.63, 3.8) is 0 Å². The van der Waals surface area contributed by atoms with Crippen molar-refractivity contribution in [2.45, 2.75) is 37.0 Å². The van der Waals surface area contributed by atoms with Gasteiger partial charge in [-0.2, -0.15) is 0 Å². The molecule has 1 amide bonds. The van der Waals surface area contributed by atoms with Crippen LogP contribution in [0.25, 0.3) is 0 Å². The van der Waals surface area contributed by atoms with Gasteiger partial charge in [0.05, 0.1) is 15.8 Å². The maximum absolute atomic E-state index is 11.8. The first kappa shape index (κ1) is 15.9. The number of rotatable bonds is 5. The monoisotopic (exact) mass is 301 g/mol. The summed E-state index contributed by atoms with van der Waals surface area (Å²) in [5.41, 5.74) is 0.0446. The maximum Gasteiger partial charge on any atom is 0.337 e. The number of benzene rings is 1. The lowest BCUT2D eigenvalue weighted by Crippen LogP contribution is -2.35. The molecule has 1 aromatic carbocycles. The summed E-state index contributed by atoms with van der Waals surface area (Å²) in [7, 11) is 0. The normalized spacial score (nSPS) is 12.3. The van der Waals surface area contributed by atoms with Gasteiger partial charge in [0.2, 0.25) is 5.91 Å². The van der Waals surface area contributed by atoms with Crippen LogP contribution in [0.4, 0.5) is 0 Å². The van der Waals surface area contributed by atoms with Crippen LogP contribution in [0.3, 0.4) is 0 Å². The molecule has 0 bridgehead atoms. The van der Waals surface area contributed by atoms with E-state index in [4.69, 9.17) is 16.7 Å². The number of amides is 1. The molecule has 0 radical (unpaired) electrons. The lowest BCUT2D eigenvalue weighted by Gasteiger charge is -2.14. The average molecular weight is 302 g/mol. The van der Waals surface area contributed by atoms with Crippen LogP contribution in [0.1, 0.15) is 31.1 Å². The molecule has 1 rings (SSSR count). The highest BCUT2D eigenvalue weighted by Crippen LogP contribution is 2.27. The molecule has 0 saturated heterocycles. The van der Waals surface area contributed by atoms with Gasteiger partial charge in [0.15, 0.2) is 0 Å². The van der Waals surface area contributed by atoms with E-state index in [9.17, 15) is 9.59 Å². The molecule has 6 heteroatoms. The predicted octanol–water partition coefficient (Wildman–Crippen LogP) is 3.04. The van der Waals surface area contributed by atoms with Crippen LogP contribution in [0, 0.1) is 0 Å². The van der Waals surface area contributed by atoms with Crippen molar-refractivity contribution in [3.05, 3.63) is 28.8 Å². The molecule has 0 aliphatic heterocycles. The molecule has 4 nitrogen and oxygen atoms in total. The molecule has 1 unspecified atom stereocenters. The first-order valence-electron chi connectivity index (χ1n) is 5.81. The van der Waals surface area contributed by atoms with Crippen LogP contribution in [0.15, 0.2) is 23.1 Å². The molecule has 1 atom stereocenters. The topological polar surface area (TPSA) is 66.4 Å². The van der Waals surface area contributed by atoms with Crippen LogP contribution >= 0.6 is 23.4 Å². The maximum atomic E-state index is 11.8. The van der Waals surface area contributed by atoms with Gasteiger partial charge in [-0.3, -0.25) is 4.79 Å². The Kier molecular flexibility index (Phi) is 5.69. The van der Waals surface area contributed by atoms with E-state index in [1.54, 1.807) is 13.0 Å². The van der Waals surface area contributed by atoms with Gasteiger partial charge in [-0.25, -0.2) is 4.79 Å².